The second kappa shape index (κ2) is 5.59. The van der Waals surface area contributed by atoms with Gasteiger partial charge in [-0.3, -0.25) is 4.79 Å². The van der Waals surface area contributed by atoms with E-state index in [2.05, 4.69) is 37.9 Å². The van der Waals surface area contributed by atoms with E-state index in [9.17, 15) is 4.79 Å². The summed E-state index contributed by atoms with van der Waals surface area (Å²) in [5, 5.41) is 2.63. The minimum absolute atomic E-state index is 0.0712. The van der Waals surface area contributed by atoms with Gasteiger partial charge in [0.25, 0.3) is 0 Å². The van der Waals surface area contributed by atoms with Crippen molar-refractivity contribution in [2.45, 2.75) is 33.1 Å². The van der Waals surface area contributed by atoms with Crippen molar-refractivity contribution < 1.29 is 4.79 Å². The van der Waals surface area contributed by atoms with Crippen molar-refractivity contribution in [2.75, 3.05) is 12.3 Å². The molecule has 0 aliphatic carbocycles. The lowest BCUT2D eigenvalue weighted by Gasteiger charge is -2.19. The van der Waals surface area contributed by atoms with Gasteiger partial charge in [0, 0.05) is 18.2 Å². The molecule has 3 nitrogen and oxygen atoms in total. The van der Waals surface area contributed by atoms with Gasteiger partial charge in [0.05, 0.1) is 6.54 Å². The summed E-state index contributed by atoms with van der Waals surface area (Å²) in [6.45, 7) is 8.25. The van der Waals surface area contributed by atoms with Gasteiger partial charge in [0.2, 0.25) is 5.91 Å². The largest absolute Gasteiger partial charge is 0.398 e. The Kier molecular flexibility index (Phi) is 4.38. The Morgan fingerprint density at radius 2 is 2.06 bits per heavy atom. The molecule has 0 saturated carbocycles. The minimum Gasteiger partial charge on any atom is -0.398 e. The average Bonchev–Trinajstić information content (AvgIpc) is 2.24. The summed E-state index contributed by atoms with van der Waals surface area (Å²) in [6.07, 6.45) is 0. The lowest BCUT2D eigenvalue weighted by atomic mass is 9.86. The standard InChI is InChI=1S/C15H20N2O/c1-11(18)17-9-5-6-12-10-13(15(2,3)4)7-8-14(12)16/h7-8,10H,9,16H2,1-4H3,(H,17,18). The van der Waals surface area contributed by atoms with Gasteiger partial charge in [-0.25, -0.2) is 0 Å². The van der Waals surface area contributed by atoms with Gasteiger partial charge in [0.15, 0.2) is 0 Å². The lowest BCUT2D eigenvalue weighted by molar-refractivity contribution is -0.118. The van der Waals surface area contributed by atoms with Crippen molar-refractivity contribution in [3.63, 3.8) is 0 Å². The van der Waals surface area contributed by atoms with Gasteiger partial charge in [-0.15, -0.1) is 0 Å². The Hall–Kier alpha value is -1.95. The van der Waals surface area contributed by atoms with E-state index >= 15 is 0 Å². The Morgan fingerprint density at radius 3 is 2.61 bits per heavy atom. The normalized spacial score (nSPS) is 10.4. The van der Waals surface area contributed by atoms with Crippen LogP contribution in [0, 0.1) is 11.8 Å². The number of hydrogen-bond acceptors (Lipinski definition) is 2. The number of nitrogens with one attached hydrogen (secondary N) is 1. The van der Waals surface area contributed by atoms with Crippen LogP contribution in [-0.2, 0) is 10.2 Å². The molecule has 0 fully saturated rings. The Balaban J connectivity index is 2.91. The van der Waals surface area contributed by atoms with E-state index < -0.39 is 0 Å². The highest BCUT2D eigenvalue weighted by atomic mass is 16.1. The molecule has 96 valence electrons. The predicted octanol–water partition coefficient (Wildman–Crippen LogP) is 2.05. The average molecular weight is 244 g/mol. The molecule has 0 atom stereocenters. The molecule has 18 heavy (non-hydrogen) atoms. The van der Waals surface area contributed by atoms with Crippen LogP contribution in [0.2, 0.25) is 0 Å². The van der Waals surface area contributed by atoms with Crippen LogP contribution in [0.25, 0.3) is 0 Å². The molecule has 3 N–H and O–H groups in total. The van der Waals surface area contributed by atoms with Gasteiger partial charge < -0.3 is 11.1 Å². The highest BCUT2D eigenvalue weighted by Gasteiger charge is 2.14. The number of nitrogen functional groups attached to an aromatic ring is 1. The van der Waals surface area contributed by atoms with E-state index in [0.717, 1.165) is 5.56 Å². The molecule has 0 saturated heterocycles. The van der Waals surface area contributed by atoms with Crippen LogP contribution >= 0.6 is 0 Å². The fraction of sp³-hybridized carbons (Fsp3) is 0.400. The molecule has 0 aliphatic rings. The number of amides is 1. The van der Waals surface area contributed by atoms with Gasteiger partial charge in [0.1, 0.15) is 0 Å². The number of carbonyl (C=O) groups excluding carboxylic acids is 1. The fourth-order valence-corrected chi connectivity index (χ4v) is 1.44. The number of carbonyl (C=O) groups is 1. The quantitative estimate of drug-likeness (QED) is 0.587. The topological polar surface area (TPSA) is 55.1 Å². The van der Waals surface area contributed by atoms with Crippen molar-refractivity contribution in [1.29, 1.82) is 0 Å². The van der Waals surface area contributed by atoms with E-state index in [1.165, 1.54) is 12.5 Å². The van der Waals surface area contributed by atoms with E-state index in [1.54, 1.807) is 0 Å². The first-order valence-electron chi connectivity index (χ1n) is 5.94. The fourth-order valence-electron chi connectivity index (χ4n) is 1.44. The number of rotatable bonds is 1. The summed E-state index contributed by atoms with van der Waals surface area (Å²) >= 11 is 0. The van der Waals surface area contributed by atoms with Crippen LogP contribution in [0.5, 0.6) is 0 Å². The Labute approximate surface area is 109 Å². The molecule has 0 aliphatic heterocycles. The van der Waals surface area contributed by atoms with E-state index in [1.807, 2.05) is 18.2 Å². The van der Waals surface area contributed by atoms with Crippen molar-refractivity contribution in [3.8, 4) is 11.8 Å². The molecular weight excluding hydrogens is 224 g/mol. The van der Waals surface area contributed by atoms with Crippen molar-refractivity contribution in [1.82, 2.24) is 5.32 Å². The summed E-state index contributed by atoms with van der Waals surface area (Å²) in [5.41, 5.74) is 8.63. The van der Waals surface area contributed by atoms with Crippen LogP contribution in [0.3, 0.4) is 0 Å². The molecule has 0 bridgehead atoms. The van der Waals surface area contributed by atoms with E-state index in [-0.39, 0.29) is 11.3 Å². The van der Waals surface area contributed by atoms with Crippen molar-refractivity contribution >= 4 is 11.6 Å². The maximum atomic E-state index is 10.7. The summed E-state index contributed by atoms with van der Waals surface area (Å²) < 4.78 is 0. The molecule has 1 amide bonds. The molecule has 1 aromatic rings. The van der Waals surface area contributed by atoms with Crippen LogP contribution in [0.15, 0.2) is 18.2 Å². The van der Waals surface area contributed by atoms with Gasteiger partial charge in [-0.05, 0) is 23.1 Å². The smallest absolute Gasteiger partial charge is 0.217 e. The van der Waals surface area contributed by atoms with Crippen molar-refractivity contribution in [3.05, 3.63) is 29.3 Å². The predicted molar refractivity (Wildman–Crippen MR) is 75.1 cm³/mol. The molecular formula is C15H20N2O. The second-order valence-electron chi connectivity index (χ2n) is 5.26. The van der Waals surface area contributed by atoms with Crippen LogP contribution in [0.1, 0.15) is 38.8 Å². The Morgan fingerprint density at radius 1 is 1.39 bits per heavy atom. The molecule has 3 heteroatoms. The van der Waals surface area contributed by atoms with Gasteiger partial charge in [-0.2, -0.15) is 0 Å². The van der Waals surface area contributed by atoms with E-state index in [0.29, 0.717) is 12.2 Å². The number of nitrogens with two attached hydrogens (primary N) is 1. The zero-order valence-corrected chi connectivity index (χ0v) is 11.4. The first-order chi connectivity index (χ1) is 8.30. The molecule has 0 unspecified atom stereocenters. The minimum atomic E-state index is -0.0827. The van der Waals surface area contributed by atoms with Gasteiger partial charge >= 0.3 is 0 Å². The SMILES string of the molecule is CC(=O)NCC#Cc1cc(C(C)(C)C)ccc1N. The summed E-state index contributed by atoms with van der Waals surface area (Å²) in [7, 11) is 0. The number of hydrogen-bond donors (Lipinski definition) is 2. The highest BCUT2D eigenvalue weighted by molar-refractivity contribution is 5.73. The molecule has 0 heterocycles. The first kappa shape index (κ1) is 14.1. The van der Waals surface area contributed by atoms with E-state index in [4.69, 9.17) is 5.73 Å². The summed E-state index contributed by atoms with van der Waals surface area (Å²) in [6, 6.07) is 5.91. The Bertz CT molecular complexity index is 501. The maximum Gasteiger partial charge on any atom is 0.217 e. The lowest BCUT2D eigenvalue weighted by Crippen LogP contribution is -2.19. The zero-order chi connectivity index (χ0) is 13.8. The van der Waals surface area contributed by atoms with Crippen LogP contribution < -0.4 is 11.1 Å². The first-order valence-corrected chi connectivity index (χ1v) is 5.94. The zero-order valence-electron chi connectivity index (χ0n) is 11.4. The third-order valence-corrected chi connectivity index (χ3v) is 2.57. The van der Waals surface area contributed by atoms with Crippen molar-refractivity contribution in [2.24, 2.45) is 0 Å². The summed E-state index contributed by atoms with van der Waals surface area (Å²) in [4.78, 5) is 10.7. The number of anilines is 1. The highest BCUT2D eigenvalue weighted by Crippen LogP contribution is 2.25. The van der Waals surface area contributed by atoms with Crippen LogP contribution in [-0.4, -0.2) is 12.5 Å². The molecule has 1 rings (SSSR count). The molecule has 0 aromatic heterocycles. The van der Waals surface area contributed by atoms with Gasteiger partial charge in [-0.1, -0.05) is 38.7 Å². The summed E-state index contributed by atoms with van der Waals surface area (Å²) in [5.74, 6) is 5.80. The molecule has 1 aromatic carbocycles. The second-order valence-corrected chi connectivity index (χ2v) is 5.26. The molecule has 0 radical (unpaired) electrons. The number of benzene rings is 1. The van der Waals surface area contributed by atoms with Crippen LogP contribution in [0.4, 0.5) is 5.69 Å². The monoisotopic (exact) mass is 244 g/mol. The molecule has 0 spiro atoms. The maximum absolute atomic E-state index is 10.7. The third kappa shape index (κ3) is 4.14. The third-order valence-electron chi connectivity index (χ3n) is 2.57.